The Morgan fingerprint density at radius 1 is 1.19 bits per heavy atom. The van der Waals surface area contributed by atoms with E-state index in [1.807, 2.05) is 19.1 Å². The van der Waals surface area contributed by atoms with Gasteiger partial charge in [-0.25, -0.2) is 0 Å². The van der Waals surface area contributed by atoms with Crippen molar-refractivity contribution >= 4 is 17.3 Å². The number of aliphatic hydroxyl groups is 1. The molecule has 0 aliphatic carbocycles. The second kappa shape index (κ2) is 7.20. The highest BCUT2D eigenvalue weighted by molar-refractivity contribution is 6.30. The molecule has 0 heterocycles. The zero-order valence-electron chi connectivity index (χ0n) is 11.7. The number of nitrogens with one attached hydrogen (secondary N) is 1. The van der Waals surface area contributed by atoms with Crippen molar-refractivity contribution in [3.63, 3.8) is 0 Å². The van der Waals surface area contributed by atoms with Crippen molar-refractivity contribution in [1.29, 1.82) is 0 Å². The molecule has 0 spiro atoms. The maximum absolute atomic E-state index is 9.72. The van der Waals surface area contributed by atoms with Crippen molar-refractivity contribution < 1.29 is 14.9 Å². The number of ether oxygens (including phenoxy) is 1. The lowest BCUT2D eigenvalue weighted by Gasteiger charge is -2.19. The SMILES string of the molecule is CCOc1cc(C(CO)Nc2ccc(Cl)cc2)ccc1O. The number of rotatable bonds is 6. The van der Waals surface area contributed by atoms with Crippen LogP contribution in [0, 0.1) is 0 Å². The topological polar surface area (TPSA) is 61.7 Å². The molecule has 0 aromatic heterocycles. The minimum atomic E-state index is -0.300. The second-order valence-corrected chi connectivity index (χ2v) is 4.98. The molecule has 0 aliphatic heterocycles. The maximum Gasteiger partial charge on any atom is 0.161 e. The Morgan fingerprint density at radius 3 is 2.52 bits per heavy atom. The Bertz CT molecular complexity index is 587. The molecule has 0 saturated carbocycles. The van der Waals surface area contributed by atoms with E-state index in [0.717, 1.165) is 11.3 Å². The monoisotopic (exact) mass is 307 g/mol. The molecule has 112 valence electrons. The van der Waals surface area contributed by atoms with Gasteiger partial charge in [0.15, 0.2) is 11.5 Å². The van der Waals surface area contributed by atoms with Gasteiger partial charge in [0.05, 0.1) is 19.3 Å². The summed E-state index contributed by atoms with van der Waals surface area (Å²) in [4.78, 5) is 0. The quantitative estimate of drug-likeness (QED) is 0.763. The molecule has 1 unspecified atom stereocenters. The fraction of sp³-hybridized carbons (Fsp3) is 0.250. The minimum Gasteiger partial charge on any atom is -0.504 e. The third-order valence-corrected chi connectivity index (χ3v) is 3.31. The van der Waals surface area contributed by atoms with Crippen LogP contribution < -0.4 is 10.1 Å². The third-order valence-electron chi connectivity index (χ3n) is 3.05. The van der Waals surface area contributed by atoms with Gasteiger partial charge >= 0.3 is 0 Å². The van der Waals surface area contributed by atoms with E-state index >= 15 is 0 Å². The number of hydrogen-bond donors (Lipinski definition) is 3. The highest BCUT2D eigenvalue weighted by atomic mass is 35.5. The first-order valence-corrected chi connectivity index (χ1v) is 7.10. The zero-order valence-corrected chi connectivity index (χ0v) is 12.5. The molecule has 0 saturated heterocycles. The van der Waals surface area contributed by atoms with Crippen LogP contribution in [0.5, 0.6) is 11.5 Å². The summed E-state index contributed by atoms with van der Waals surface area (Å²) in [5, 5.41) is 23.2. The first kappa shape index (κ1) is 15.5. The van der Waals surface area contributed by atoms with Crippen LogP contribution in [0.1, 0.15) is 18.5 Å². The van der Waals surface area contributed by atoms with Crippen molar-refractivity contribution in [2.75, 3.05) is 18.5 Å². The summed E-state index contributed by atoms with van der Waals surface area (Å²) in [5.41, 5.74) is 1.68. The molecular formula is C16H18ClNO3. The van der Waals surface area contributed by atoms with Gasteiger partial charge in [0.1, 0.15) is 0 Å². The number of anilines is 1. The molecule has 2 rings (SSSR count). The smallest absolute Gasteiger partial charge is 0.161 e. The van der Waals surface area contributed by atoms with Crippen LogP contribution >= 0.6 is 11.6 Å². The van der Waals surface area contributed by atoms with Gasteiger partial charge in [-0.1, -0.05) is 17.7 Å². The van der Waals surface area contributed by atoms with E-state index in [9.17, 15) is 10.2 Å². The summed E-state index contributed by atoms with van der Waals surface area (Å²) in [5.74, 6) is 0.495. The summed E-state index contributed by atoms with van der Waals surface area (Å²) in [6.07, 6.45) is 0. The van der Waals surface area contributed by atoms with Crippen molar-refractivity contribution in [3.8, 4) is 11.5 Å². The molecular weight excluding hydrogens is 290 g/mol. The van der Waals surface area contributed by atoms with Gasteiger partial charge in [-0.05, 0) is 48.9 Å². The predicted molar refractivity (Wildman–Crippen MR) is 84.2 cm³/mol. The molecule has 0 aliphatic rings. The number of aliphatic hydroxyl groups excluding tert-OH is 1. The van der Waals surface area contributed by atoms with E-state index in [1.54, 1.807) is 30.3 Å². The molecule has 0 amide bonds. The van der Waals surface area contributed by atoms with Crippen LogP contribution in [0.15, 0.2) is 42.5 Å². The van der Waals surface area contributed by atoms with Gasteiger partial charge in [0.25, 0.3) is 0 Å². The first-order valence-electron chi connectivity index (χ1n) is 6.72. The summed E-state index contributed by atoms with van der Waals surface area (Å²) in [6, 6.07) is 12.0. The Hall–Kier alpha value is -1.91. The van der Waals surface area contributed by atoms with Gasteiger partial charge in [0, 0.05) is 10.7 Å². The van der Waals surface area contributed by atoms with Crippen molar-refractivity contribution in [3.05, 3.63) is 53.1 Å². The van der Waals surface area contributed by atoms with Gasteiger partial charge in [0.2, 0.25) is 0 Å². The fourth-order valence-electron chi connectivity index (χ4n) is 2.00. The predicted octanol–water partition coefficient (Wildman–Crippen LogP) is 3.59. The minimum absolute atomic E-state index is 0.0844. The summed E-state index contributed by atoms with van der Waals surface area (Å²) < 4.78 is 5.36. The van der Waals surface area contributed by atoms with E-state index in [2.05, 4.69) is 5.32 Å². The van der Waals surface area contributed by atoms with Crippen molar-refractivity contribution in [2.45, 2.75) is 13.0 Å². The number of hydrogen-bond acceptors (Lipinski definition) is 4. The maximum atomic E-state index is 9.72. The van der Waals surface area contributed by atoms with Crippen LogP contribution in [-0.2, 0) is 0 Å². The average molecular weight is 308 g/mol. The largest absolute Gasteiger partial charge is 0.504 e. The number of phenols is 1. The Labute approximate surface area is 129 Å². The summed E-state index contributed by atoms with van der Waals surface area (Å²) in [7, 11) is 0. The van der Waals surface area contributed by atoms with E-state index in [1.165, 1.54) is 0 Å². The molecule has 0 radical (unpaired) electrons. The highest BCUT2D eigenvalue weighted by Crippen LogP contribution is 2.30. The molecule has 1 atom stereocenters. The fourth-order valence-corrected chi connectivity index (χ4v) is 2.13. The Morgan fingerprint density at radius 2 is 1.90 bits per heavy atom. The molecule has 0 bridgehead atoms. The summed E-state index contributed by atoms with van der Waals surface area (Å²) >= 11 is 5.85. The summed E-state index contributed by atoms with van der Waals surface area (Å²) in [6.45, 7) is 2.23. The number of phenolic OH excluding ortho intramolecular Hbond substituents is 1. The molecule has 0 fully saturated rings. The van der Waals surface area contributed by atoms with Crippen LogP contribution in [-0.4, -0.2) is 23.4 Å². The highest BCUT2D eigenvalue weighted by Gasteiger charge is 2.13. The zero-order chi connectivity index (χ0) is 15.2. The molecule has 3 N–H and O–H groups in total. The lowest BCUT2D eigenvalue weighted by atomic mass is 10.1. The first-order chi connectivity index (χ1) is 10.1. The van der Waals surface area contributed by atoms with E-state index in [4.69, 9.17) is 16.3 Å². The lowest BCUT2D eigenvalue weighted by Crippen LogP contribution is -2.14. The molecule has 2 aromatic carbocycles. The molecule has 4 nitrogen and oxygen atoms in total. The normalized spacial score (nSPS) is 12.0. The van der Waals surface area contributed by atoms with Crippen LogP contribution in [0.25, 0.3) is 0 Å². The van der Waals surface area contributed by atoms with E-state index in [0.29, 0.717) is 17.4 Å². The molecule has 2 aromatic rings. The Balaban J connectivity index is 2.20. The van der Waals surface area contributed by atoms with Crippen molar-refractivity contribution in [1.82, 2.24) is 0 Å². The van der Waals surface area contributed by atoms with Gasteiger partial charge in [-0.15, -0.1) is 0 Å². The van der Waals surface area contributed by atoms with Gasteiger partial charge < -0.3 is 20.3 Å². The molecule has 21 heavy (non-hydrogen) atoms. The number of benzene rings is 2. The standard InChI is InChI=1S/C16H18ClNO3/c1-2-21-16-9-11(3-8-15(16)20)14(10-19)18-13-6-4-12(17)5-7-13/h3-9,14,18-20H,2,10H2,1H3. The van der Waals surface area contributed by atoms with Gasteiger partial charge in [-0.3, -0.25) is 0 Å². The van der Waals surface area contributed by atoms with Crippen LogP contribution in [0.2, 0.25) is 5.02 Å². The Kier molecular flexibility index (Phi) is 5.31. The van der Waals surface area contributed by atoms with E-state index < -0.39 is 0 Å². The second-order valence-electron chi connectivity index (χ2n) is 4.55. The van der Waals surface area contributed by atoms with Crippen LogP contribution in [0.4, 0.5) is 5.69 Å². The van der Waals surface area contributed by atoms with Crippen molar-refractivity contribution in [2.24, 2.45) is 0 Å². The van der Waals surface area contributed by atoms with E-state index in [-0.39, 0.29) is 18.4 Å². The third kappa shape index (κ3) is 4.03. The lowest BCUT2D eigenvalue weighted by molar-refractivity contribution is 0.275. The molecule has 5 heteroatoms. The van der Waals surface area contributed by atoms with Gasteiger partial charge in [-0.2, -0.15) is 0 Å². The number of halogens is 1. The van der Waals surface area contributed by atoms with Crippen LogP contribution in [0.3, 0.4) is 0 Å². The average Bonchev–Trinajstić information content (AvgIpc) is 2.49. The number of aromatic hydroxyl groups is 1.